The fourth-order valence-electron chi connectivity index (χ4n) is 5.50. The van der Waals surface area contributed by atoms with Gasteiger partial charge >= 0.3 is 0 Å². The number of rotatable bonds is 5. The second kappa shape index (κ2) is 9.54. The molecule has 1 saturated heterocycles. The van der Waals surface area contributed by atoms with Crippen molar-refractivity contribution in [3.8, 4) is 0 Å². The fraction of sp³-hybridized carbons (Fsp3) is 0.462. The molecule has 2 aliphatic heterocycles. The molecule has 1 spiro atoms. The number of aromatic nitrogens is 3. The van der Waals surface area contributed by atoms with Crippen LogP contribution in [0.25, 0.3) is 0 Å². The van der Waals surface area contributed by atoms with Gasteiger partial charge in [-0.15, -0.1) is 0 Å². The molecule has 1 N–H and O–H groups in total. The summed E-state index contributed by atoms with van der Waals surface area (Å²) < 4.78 is 0. The average Bonchev–Trinajstić information content (AvgIpc) is 3.54. The van der Waals surface area contributed by atoms with E-state index in [1.807, 2.05) is 24.5 Å². The molecule has 0 unspecified atom stereocenters. The number of thiophene rings is 1. The zero-order valence-electron chi connectivity index (χ0n) is 20.2. The van der Waals surface area contributed by atoms with Crippen LogP contribution in [0.1, 0.15) is 37.7 Å². The molecule has 2 fully saturated rings. The van der Waals surface area contributed by atoms with E-state index in [9.17, 15) is 0 Å². The lowest BCUT2D eigenvalue weighted by atomic mass is 9.81. The molecular weight excluding hydrogens is 456 g/mol. The van der Waals surface area contributed by atoms with E-state index in [1.165, 1.54) is 24.8 Å². The first-order chi connectivity index (χ1) is 17.2. The first-order valence-corrected chi connectivity index (χ1v) is 13.5. The SMILES string of the molecule is CN1CCN(c2ccc(Nc3nccc(N4C(c5ccsc5)=NCC45CCCCC5)n3)nc2)CC1. The molecule has 3 aromatic rings. The molecule has 0 amide bonds. The molecule has 0 bridgehead atoms. The molecule has 182 valence electrons. The van der Waals surface area contributed by atoms with E-state index < -0.39 is 0 Å². The number of pyridine rings is 1. The lowest BCUT2D eigenvalue weighted by molar-refractivity contribution is 0.313. The molecule has 6 rings (SSSR count). The molecule has 1 saturated carbocycles. The van der Waals surface area contributed by atoms with E-state index in [-0.39, 0.29) is 5.54 Å². The lowest BCUT2D eigenvalue weighted by Crippen LogP contribution is -2.51. The van der Waals surface area contributed by atoms with Gasteiger partial charge in [-0.05, 0) is 49.5 Å². The maximum Gasteiger partial charge on any atom is 0.230 e. The topological polar surface area (TPSA) is 72.8 Å². The maximum absolute atomic E-state index is 5.03. The Kier molecular flexibility index (Phi) is 6.12. The van der Waals surface area contributed by atoms with Crippen LogP contribution in [-0.2, 0) is 0 Å². The summed E-state index contributed by atoms with van der Waals surface area (Å²) in [7, 11) is 2.17. The van der Waals surface area contributed by atoms with Gasteiger partial charge in [0.1, 0.15) is 17.5 Å². The van der Waals surface area contributed by atoms with Crippen LogP contribution < -0.4 is 15.1 Å². The largest absolute Gasteiger partial charge is 0.368 e. The van der Waals surface area contributed by atoms with Gasteiger partial charge in [-0.25, -0.2) is 9.97 Å². The van der Waals surface area contributed by atoms with E-state index in [2.05, 4.69) is 59.9 Å². The quantitative estimate of drug-likeness (QED) is 0.571. The third-order valence-corrected chi connectivity index (χ3v) is 8.18. The van der Waals surface area contributed by atoms with Gasteiger partial charge in [-0.1, -0.05) is 19.3 Å². The van der Waals surface area contributed by atoms with Gasteiger partial charge in [0.25, 0.3) is 0 Å². The van der Waals surface area contributed by atoms with E-state index in [0.29, 0.717) is 5.95 Å². The monoisotopic (exact) mass is 488 g/mol. The number of aliphatic imine (C=N–C) groups is 1. The maximum atomic E-state index is 5.03. The Hall–Kier alpha value is -3.04. The molecule has 35 heavy (non-hydrogen) atoms. The molecular formula is C26H32N8S. The Morgan fingerprint density at radius 2 is 1.83 bits per heavy atom. The number of nitrogens with one attached hydrogen (secondary N) is 1. The molecule has 9 heteroatoms. The van der Waals surface area contributed by atoms with Crippen LogP contribution in [-0.4, -0.2) is 71.0 Å². The van der Waals surface area contributed by atoms with Crippen LogP contribution in [0, 0.1) is 0 Å². The van der Waals surface area contributed by atoms with Crippen LogP contribution in [0.3, 0.4) is 0 Å². The molecule has 3 aliphatic rings. The third-order valence-electron chi connectivity index (χ3n) is 7.50. The molecule has 0 aromatic carbocycles. The Balaban J connectivity index is 1.24. The average molecular weight is 489 g/mol. The third kappa shape index (κ3) is 4.50. The summed E-state index contributed by atoms with van der Waals surface area (Å²) >= 11 is 1.71. The standard InChI is InChI=1S/C26H32N8S/c1-32-12-14-33(15-13-32)21-5-6-22(28-17-21)30-25-27-11-7-23(31-25)34-24(20-8-16-35-18-20)29-19-26(34)9-3-2-4-10-26/h5-8,11,16-18H,2-4,9-10,12-15,19H2,1H3,(H,27,28,30,31). The summed E-state index contributed by atoms with van der Waals surface area (Å²) in [5.41, 5.74) is 2.35. The summed E-state index contributed by atoms with van der Waals surface area (Å²) in [6.45, 7) is 5.05. The number of likely N-dealkylation sites (N-methyl/N-ethyl adjacent to an activating group) is 1. The highest BCUT2D eigenvalue weighted by atomic mass is 32.1. The minimum atomic E-state index is 0.0174. The first kappa shape index (κ1) is 22.4. The molecule has 0 radical (unpaired) electrons. The Bertz CT molecular complexity index is 1160. The van der Waals surface area contributed by atoms with Crippen molar-refractivity contribution in [2.75, 3.05) is 54.9 Å². The van der Waals surface area contributed by atoms with Crippen LogP contribution in [0.5, 0.6) is 0 Å². The molecule has 3 aromatic heterocycles. The van der Waals surface area contributed by atoms with Gasteiger partial charge in [0.15, 0.2) is 0 Å². The summed E-state index contributed by atoms with van der Waals surface area (Å²) in [4.78, 5) is 26.3. The fourth-order valence-corrected chi connectivity index (χ4v) is 6.14. The number of anilines is 4. The van der Waals surface area contributed by atoms with Crippen LogP contribution in [0.2, 0.25) is 0 Å². The van der Waals surface area contributed by atoms with Crippen molar-refractivity contribution in [2.24, 2.45) is 4.99 Å². The Labute approximate surface area is 210 Å². The number of hydrogen-bond donors (Lipinski definition) is 1. The smallest absolute Gasteiger partial charge is 0.230 e. The predicted molar refractivity (Wildman–Crippen MR) is 143 cm³/mol. The number of hydrogen-bond acceptors (Lipinski definition) is 9. The zero-order valence-corrected chi connectivity index (χ0v) is 21.0. The van der Waals surface area contributed by atoms with Gasteiger partial charge in [0, 0.05) is 43.3 Å². The highest BCUT2D eigenvalue weighted by Gasteiger charge is 2.45. The number of amidine groups is 1. The minimum absolute atomic E-state index is 0.0174. The summed E-state index contributed by atoms with van der Waals surface area (Å²) in [6, 6.07) is 8.31. The molecule has 8 nitrogen and oxygen atoms in total. The highest BCUT2D eigenvalue weighted by molar-refractivity contribution is 7.08. The van der Waals surface area contributed by atoms with E-state index in [0.717, 1.165) is 68.7 Å². The number of nitrogens with zero attached hydrogens (tertiary/aromatic N) is 7. The molecule has 0 atom stereocenters. The van der Waals surface area contributed by atoms with Crippen LogP contribution in [0.4, 0.5) is 23.3 Å². The van der Waals surface area contributed by atoms with Crippen molar-refractivity contribution in [2.45, 2.75) is 37.6 Å². The Morgan fingerprint density at radius 3 is 2.57 bits per heavy atom. The number of piperazine rings is 1. The van der Waals surface area contributed by atoms with E-state index in [4.69, 9.17) is 9.98 Å². The van der Waals surface area contributed by atoms with Gasteiger partial charge in [-0.2, -0.15) is 16.3 Å². The van der Waals surface area contributed by atoms with Gasteiger partial charge in [0.2, 0.25) is 5.95 Å². The van der Waals surface area contributed by atoms with Crippen molar-refractivity contribution < 1.29 is 0 Å². The van der Waals surface area contributed by atoms with Crippen molar-refractivity contribution in [3.05, 3.63) is 53.0 Å². The lowest BCUT2D eigenvalue weighted by Gasteiger charge is -2.42. The highest BCUT2D eigenvalue weighted by Crippen LogP contribution is 2.41. The Morgan fingerprint density at radius 1 is 0.971 bits per heavy atom. The summed E-state index contributed by atoms with van der Waals surface area (Å²) in [6.07, 6.45) is 9.85. The summed E-state index contributed by atoms with van der Waals surface area (Å²) in [5, 5.41) is 7.62. The second-order valence-corrected chi connectivity index (χ2v) is 10.6. The van der Waals surface area contributed by atoms with E-state index >= 15 is 0 Å². The minimum Gasteiger partial charge on any atom is -0.368 e. The van der Waals surface area contributed by atoms with E-state index in [1.54, 1.807) is 11.3 Å². The van der Waals surface area contributed by atoms with Crippen molar-refractivity contribution in [3.63, 3.8) is 0 Å². The van der Waals surface area contributed by atoms with Gasteiger partial charge in [0.05, 0.1) is 24.0 Å². The van der Waals surface area contributed by atoms with Gasteiger partial charge in [-0.3, -0.25) is 4.99 Å². The van der Waals surface area contributed by atoms with Crippen molar-refractivity contribution in [1.29, 1.82) is 0 Å². The molecule has 5 heterocycles. The van der Waals surface area contributed by atoms with Crippen LogP contribution >= 0.6 is 11.3 Å². The summed E-state index contributed by atoms with van der Waals surface area (Å²) in [5.74, 6) is 3.25. The van der Waals surface area contributed by atoms with Crippen molar-refractivity contribution >= 4 is 40.4 Å². The second-order valence-electron chi connectivity index (χ2n) is 9.83. The molecule has 1 aliphatic carbocycles. The van der Waals surface area contributed by atoms with Gasteiger partial charge < -0.3 is 20.0 Å². The normalized spacial score (nSPS) is 20.3. The van der Waals surface area contributed by atoms with Crippen molar-refractivity contribution in [1.82, 2.24) is 19.9 Å². The first-order valence-electron chi connectivity index (χ1n) is 12.6. The predicted octanol–water partition coefficient (Wildman–Crippen LogP) is 4.40. The zero-order chi connectivity index (χ0) is 23.7. The van der Waals surface area contributed by atoms with Crippen LogP contribution in [0.15, 0.2) is 52.4 Å².